The van der Waals surface area contributed by atoms with E-state index in [1.807, 2.05) is 54.6 Å². The molecule has 2 aromatic carbocycles. The highest BCUT2D eigenvalue weighted by molar-refractivity contribution is 5.77. The lowest BCUT2D eigenvalue weighted by molar-refractivity contribution is -0.121. The average molecular weight is 381 g/mol. The van der Waals surface area contributed by atoms with Crippen LogP contribution in [-0.2, 0) is 4.79 Å². The van der Waals surface area contributed by atoms with Crippen LogP contribution in [0.2, 0.25) is 0 Å². The number of hydrogen-bond acceptors (Lipinski definition) is 6. The molecule has 1 N–H and O–H groups in total. The highest BCUT2D eigenvalue weighted by Gasteiger charge is 2.23. The predicted molar refractivity (Wildman–Crippen MR) is 103 cm³/mol. The lowest BCUT2D eigenvalue weighted by Gasteiger charge is -2.14. The van der Waals surface area contributed by atoms with Crippen LogP contribution >= 0.6 is 0 Å². The Morgan fingerprint density at radius 1 is 1.07 bits per heavy atom. The number of nitrogens with zero attached hydrogens (tertiary/aromatic N) is 2. The minimum atomic E-state index is -0.287. The molecule has 0 radical (unpaired) electrons. The van der Waals surface area contributed by atoms with Crippen molar-refractivity contribution >= 4 is 5.91 Å². The zero-order valence-electron chi connectivity index (χ0n) is 15.9. The summed E-state index contributed by atoms with van der Waals surface area (Å²) in [4.78, 5) is 12.4. The smallest absolute Gasteiger partial charge is 0.224 e. The first-order chi connectivity index (χ1) is 13.7. The number of aromatic nitrogens is 2. The number of aryl methyl sites for hydroxylation is 1. The highest BCUT2D eigenvalue weighted by Crippen LogP contribution is 2.26. The maximum Gasteiger partial charge on any atom is 0.224 e. The summed E-state index contributed by atoms with van der Waals surface area (Å²) in [6, 6.07) is 17.0. The van der Waals surface area contributed by atoms with Crippen molar-refractivity contribution < 1.29 is 18.7 Å². The summed E-state index contributed by atoms with van der Waals surface area (Å²) in [6.45, 7) is 2.50. The quantitative estimate of drug-likeness (QED) is 0.573. The fourth-order valence-corrected chi connectivity index (χ4v) is 2.77. The average Bonchev–Trinajstić information content (AvgIpc) is 3.16. The third-order valence-electron chi connectivity index (χ3n) is 4.18. The second-order valence-corrected chi connectivity index (χ2v) is 6.20. The van der Waals surface area contributed by atoms with Crippen molar-refractivity contribution in [2.24, 2.45) is 0 Å². The molecule has 146 valence electrons. The van der Waals surface area contributed by atoms with Crippen LogP contribution in [0.25, 0.3) is 0 Å². The summed E-state index contributed by atoms with van der Waals surface area (Å²) in [5.74, 6) is 2.01. The molecule has 0 bridgehead atoms. The number of hydrogen-bond donors (Lipinski definition) is 1. The number of carbonyl (C=O) groups is 1. The number of methoxy groups -OCH3 is 1. The molecule has 28 heavy (non-hydrogen) atoms. The molecular formula is C21H23N3O4. The second kappa shape index (κ2) is 9.55. The molecule has 1 amide bonds. The number of amides is 1. The van der Waals surface area contributed by atoms with Gasteiger partial charge >= 0.3 is 0 Å². The number of carbonyl (C=O) groups excluding carboxylic acids is 1. The van der Waals surface area contributed by atoms with Crippen LogP contribution < -0.4 is 14.8 Å². The van der Waals surface area contributed by atoms with Crippen LogP contribution in [0.1, 0.15) is 29.7 Å². The predicted octanol–water partition coefficient (Wildman–Crippen LogP) is 3.10. The molecule has 1 atom stereocenters. The van der Waals surface area contributed by atoms with Crippen molar-refractivity contribution in [2.75, 3.05) is 20.3 Å². The fraction of sp³-hybridized carbons (Fsp3) is 0.286. The van der Waals surface area contributed by atoms with Gasteiger partial charge in [0.25, 0.3) is 0 Å². The Balaban J connectivity index is 1.52. The normalized spacial score (nSPS) is 11.6. The van der Waals surface area contributed by atoms with Crippen LogP contribution in [0.15, 0.2) is 59.0 Å². The SMILES string of the molecule is COc1ccc(OCCNC(=O)CC(c2ccccc2)c2nnc(C)o2)cc1. The standard InChI is InChI=1S/C21H23N3O4/c1-15-23-24-21(28-15)19(16-6-4-3-5-7-16)14-20(25)22-12-13-27-18-10-8-17(26-2)9-11-18/h3-11,19H,12-14H2,1-2H3,(H,22,25). The third kappa shape index (κ3) is 5.33. The molecule has 1 unspecified atom stereocenters. The van der Waals surface area contributed by atoms with E-state index in [0.717, 1.165) is 17.1 Å². The molecule has 0 saturated carbocycles. The Labute approximate surface area is 163 Å². The van der Waals surface area contributed by atoms with Gasteiger partial charge in [-0.05, 0) is 29.8 Å². The van der Waals surface area contributed by atoms with Gasteiger partial charge in [0.2, 0.25) is 17.7 Å². The minimum Gasteiger partial charge on any atom is -0.497 e. The Kier molecular flexibility index (Phi) is 6.62. The minimum absolute atomic E-state index is 0.108. The van der Waals surface area contributed by atoms with Crippen LogP contribution in [0.5, 0.6) is 11.5 Å². The Morgan fingerprint density at radius 2 is 1.79 bits per heavy atom. The fourth-order valence-electron chi connectivity index (χ4n) is 2.77. The highest BCUT2D eigenvalue weighted by atomic mass is 16.5. The van der Waals surface area contributed by atoms with E-state index < -0.39 is 0 Å². The molecule has 0 aliphatic rings. The summed E-state index contributed by atoms with van der Waals surface area (Å²) < 4.78 is 16.3. The summed E-state index contributed by atoms with van der Waals surface area (Å²) in [7, 11) is 1.61. The van der Waals surface area contributed by atoms with E-state index in [4.69, 9.17) is 13.9 Å². The third-order valence-corrected chi connectivity index (χ3v) is 4.18. The van der Waals surface area contributed by atoms with E-state index in [1.165, 1.54) is 0 Å². The van der Waals surface area contributed by atoms with Crippen LogP contribution in [-0.4, -0.2) is 36.4 Å². The number of ether oxygens (including phenoxy) is 2. The molecule has 0 fully saturated rings. The first-order valence-electron chi connectivity index (χ1n) is 9.04. The topological polar surface area (TPSA) is 86.5 Å². The summed E-state index contributed by atoms with van der Waals surface area (Å²) in [5, 5.41) is 10.9. The van der Waals surface area contributed by atoms with Gasteiger partial charge in [0.15, 0.2) is 0 Å². The van der Waals surface area contributed by atoms with Crippen molar-refractivity contribution in [3.8, 4) is 11.5 Å². The van der Waals surface area contributed by atoms with E-state index in [-0.39, 0.29) is 18.2 Å². The van der Waals surface area contributed by atoms with Crippen LogP contribution in [0.3, 0.4) is 0 Å². The maximum atomic E-state index is 12.4. The van der Waals surface area contributed by atoms with E-state index in [2.05, 4.69) is 15.5 Å². The van der Waals surface area contributed by atoms with E-state index in [1.54, 1.807) is 14.0 Å². The van der Waals surface area contributed by atoms with Gasteiger partial charge in [-0.1, -0.05) is 30.3 Å². The van der Waals surface area contributed by atoms with Gasteiger partial charge in [-0.15, -0.1) is 10.2 Å². The van der Waals surface area contributed by atoms with Gasteiger partial charge in [0.1, 0.15) is 18.1 Å². The summed E-state index contributed by atoms with van der Waals surface area (Å²) in [6.07, 6.45) is 0.216. The number of rotatable bonds is 9. The second-order valence-electron chi connectivity index (χ2n) is 6.20. The van der Waals surface area contributed by atoms with Gasteiger partial charge in [-0.25, -0.2) is 0 Å². The number of nitrogens with one attached hydrogen (secondary N) is 1. The Bertz CT molecular complexity index is 878. The molecule has 0 aliphatic heterocycles. The van der Waals surface area contributed by atoms with E-state index in [9.17, 15) is 4.79 Å². The molecule has 3 rings (SSSR count). The maximum absolute atomic E-state index is 12.4. The van der Waals surface area contributed by atoms with E-state index >= 15 is 0 Å². The molecule has 7 heteroatoms. The number of benzene rings is 2. The zero-order chi connectivity index (χ0) is 19.8. The molecule has 1 aromatic heterocycles. The van der Waals surface area contributed by atoms with Crippen molar-refractivity contribution in [3.63, 3.8) is 0 Å². The molecule has 7 nitrogen and oxygen atoms in total. The van der Waals surface area contributed by atoms with Crippen molar-refractivity contribution in [1.29, 1.82) is 0 Å². The van der Waals surface area contributed by atoms with Crippen molar-refractivity contribution in [3.05, 3.63) is 71.9 Å². The largest absolute Gasteiger partial charge is 0.497 e. The summed E-state index contributed by atoms with van der Waals surface area (Å²) >= 11 is 0. The Morgan fingerprint density at radius 3 is 2.43 bits per heavy atom. The van der Waals surface area contributed by atoms with Gasteiger partial charge < -0.3 is 19.2 Å². The molecule has 0 aliphatic carbocycles. The first-order valence-corrected chi connectivity index (χ1v) is 9.04. The Hall–Kier alpha value is -3.35. The summed E-state index contributed by atoms with van der Waals surface area (Å²) in [5.41, 5.74) is 0.954. The van der Waals surface area contributed by atoms with Crippen LogP contribution in [0.4, 0.5) is 0 Å². The van der Waals surface area contributed by atoms with Gasteiger partial charge in [0, 0.05) is 13.3 Å². The molecular weight excluding hydrogens is 358 g/mol. The molecule has 3 aromatic rings. The van der Waals surface area contributed by atoms with E-state index in [0.29, 0.717) is 24.9 Å². The van der Waals surface area contributed by atoms with Gasteiger partial charge in [-0.2, -0.15) is 0 Å². The monoisotopic (exact) mass is 381 g/mol. The van der Waals surface area contributed by atoms with Gasteiger partial charge in [0.05, 0.1) is 19.6 Å². The molecule has 0 saturated heterocycles. The zero-order valence-corrected chi connectivity index (χ0v) is 15.9. The van der Waals surface area contributed by atoms with Crippen molar-refractivity contribution in [2.45, 2.75) is 19.3 Å². The first kappa shape index (κ1) is 19.4. The van der Waals surface area contributed by atoms with Crippen LogP contribution in [0, 0.1) is 6.92 Å². The van der Waals surface area contributed by atoms with Gasteiger partial charge in [-0.3, -0.25) is 4.79 Å². The van der Waals surface area contributed by atoms with Crippen molar-refractivity contribution in [1.82, 2.24) is 15.5 Å². The lowest BCUT2D eigenvalue weighted by atomic mass is 9.95. The lowest BCUT2D eigenvalue weighted by Crippen LogP contribution is -2.29. The molecule has 0 spiro atoms. The molecule has 1 heterocycles.